The van der Waals surface area contributed by atoms with Crippen LogP contribution in [0.4, 0.5) is 23.4 Å². The highest BCUT2D eigenvalue weighted by molar-refractivity contribution is 5.90. The molecular weight excluding hydrogens is 338 g/mol. The highest BCUT2D eigenvalue weighted by atomic mass is 19.4. The molecule has 0 aliphatic carbocycles. The van der Waals surface area contributed by atoms with E-state index in [2.05, 4.69) is 19.9 Å². The van der Waals surface area contributed by atoms with E-state index in [0.717, 1.165) is 18.0 Å². The second-order valence-electron chi connectivity index (χ2n) is 5.45. The van der Waals surface area contributed by atoms with E-state index in [-0.39, 0.29) is 17.2 Å². The van der Waals surface area contributed by atoms with Crippen molar-refractivity contribution in [3.63, 3.8) is 0 Å². The van der Waals surface area contributed by atoms with E-state index in [1.807, 2.05) is 0 Å². The Bertz CT molecular complexity index is 912. The molecule has 0 aromatic carbocycles. The standard InChI is InChI=1S/C16H13F4N5/c1-9(16(18,19)20)25(2)15-11-4-6-22-8-13(11)23-14(24-15)10-3-5-21-7-12(10)17/h3-9H,1-2H3/t9-/m1/s1. The highest BCUT2D eigenvalue weighted by Gasteiger charge is 2.39. The summed E-state index contributed by atoms with van der Waals surface area (Å²) in [6, 6.07) is 1.11. The molecule has 3 aromatic heterocycles. The fourth-order valence-electron chi connectivity index (χ4n) is 2.31. The van der Waals surface area contributed by atoms with E-state index in [4.69, 9.17) is 0 Å². The smallest absolute Gasteiger partial charge is 0.347 e. The Balaban J connectivity index is 2.22. The maximum atomic E-state index is 14.0. The molecule has 130 valence electrons. The van der Waals surface area contributed by atoms with Crippen molar-refractivity contribution >= 4 is 16.7 Å². The van der Waals surface area contributed by atoms with E-state index >= 15 is 0 Å². The van der Waals surface area contributed by atoms with Gasteiger partial charge in [-0.25, -0.2) is 14.4 Å². The molecule has 0 radical (unpaired) electrons. The van der Waals surface area contributed by atoms with Gasteiger partial charge in [-0.1, -0.05) is 0 Å². The van der Waals surface area contributed by atoms with E-state index in [0.29, 0.717) is 10.9 Å². The number of pyridine rings is 2. The lowest BCUT2D eigenvalue weighted by molar-refractivity contribution is -0.144. The number of hydrogen-bond acceptors (Lipinski definition) is 5. The summed E-state index contributed by atoms with van der Waals surface area (Å²) in [4.78, 5) is 17.0. The average molecular weight is 351 g/mol. The summed E-state index contributed by atoms with van der Waals surface area (Å²) < 4.78 is 53.3. The van der Waals surface area contributed by atoms with Crippen LogP contribution in [0.15, 0.2) is 36.9 Å². The summed E-state index contributed by atoms with van der Waals surface area (Å²) in [5, 5.41) is 0.395. The SMILES string of the molecule is C[C@@H](N(C)c1nc(-c2ccncc2F)nc2cnccc12)C(F)(F)F. The summed E-state index contributed by atoms with van der Waals surface area (Å²) in [7, 11) is 1.28. The number of fused-ring (bicyclic) bond motifs is 1. The lowest BCUT2D eigenvalue weighted by atomic mass is 10.2. The minimum atomic E-state index is -4.44. The van der Waals surface area contributed by atoms with Crippen LogP contribution in [0.25, 0.3) is 22.3 Å². The second kappa shape index (κ2) is 6.23. The van der Waals surface area contributed by atoms with Gasteiger partial charge in [0, 0.05) is 24.8 Å². The first kappa shape index (κ1) is 17.0. The molecule has 0 unspecified atom stereocenters. The lowest BCUT2D eigenvalue weighted by Crippen LogP contribution is -2.41. The zero-order valence-corrected chi connectivity index (χ0v) is 13.3. The normalized spacial score (nSPS) is 13.0. The number of hydrogen-bond donors (Lipinski definition) is 0. The molecule has 9 heteroatoms. The molecule has 5 nitrogen and oxygen atoms in total. The predicted octanol–water partition coefficient (Wildman–Crippen LogP) is 3.61. The largest absolute Gasteiger partial charge is 0.408 e. The fraction of sp³-hybridized carbons (Fsp3) is 0.250. The third kappa shape index (κ3) is 3.21. The molecule has 25 heavy (non-hydrogen) atoms. The number of rotatable bonds is 3. The summed E-state index contributed by atoms with van der Waals surface area (Å²) in [6.45, 7) is 1.03. The molecule has 3 aromatic rings. The summed E-state index contributed by atoms with van der Waals surface area (Å²) >= 11 is 0. The zero-order chi connectivity index (χ0) is 18.2. The van der Waals surface area contributed by atoms with E-state index < -0.39 is 18.0 Å². The first-order valence-electron chi connectivity index (χ1n) is 7.30. The molecule has 3 rings (SSSR count). The number of nitrogens with zero attached hydrogens (tertiary/aromatic N) is 5. The van der Waals surface area contributed by atoms with Crippen LogP contribution in [0.5, 0.6) is 0 Å². The third-order valence-electron chi connectivity index (χ3n) is 3.88. The maximum absolute atomic E-state index is 14.0. The maximum Gasteiger partial charge on any atom is 0.408 e. The van der Waals surface area contributed by atoms with Crippen LogP contribution in [0.2, 0.25) is 0 Å². The number of anilines is 1. The Morgan fingerprint density at radius 2 is 1.72 bits per heavy atom. The van der Waals surface area contributed by atoms with Crippen molar-refractivity contribution < 1.29 is 17.6 Å². The molecule has 0 aliphatic rings. The second-order valence-corrected chi connectivity index (χ2v) is 5.45. The van der Waals surface area contributed by atoms with Crippen LogP contribution < -0.4 is 4.90 Å². The molecule has 1 atom stereocenters. The minimum absolute atomic E-state index is 0.0309. The van der Waals surface area contributed by atoms with E-state index in [9.17, 15) is 17.6 Å². The van der Waals surface area contributed by atoms with E-state index in [1.54, 1.807) is 0 Å². The predicted molar refractivity (Wildman–Crippen MR) is 84.4 cm³/mol. The van der Waals surface area contributed by atoms with Gasteiger partial charge >= 0.3 is 6.18 Å². The zero-order valence-electron chi connectivity index (χ0n) is 13.3. The molecule has 0 N–H and O–H groups in total. The molecule has 0 bridgehead atoms. The van der Waals surface area contributed by atoms with Crippen molar-refractivity contribution in [2.75, 3.05) is 11.9 Å². The average Bonchev–Trinajstić information content (AvgIpc) is 2.59. The van der Waals surface area contributed by atoms with Crippen molar-refractivity contribution in [2.45, 2.75) is 19.1 Å². The van der Waals surface area contributed by atoms with Crippen LogP contribution >= 0.6 is 0 Å². The number of aromatic nitrogens is 4. The molecular formula is C16H13F4N5. The molecule has 0 aliphatic heterocycles. The molecule has 0 saturated carbocycles. The van der Waals surface area contributed by atoms with Crippen molar-refractivity contribution in [3.05, 3.63) is 42.7 Å². The summed E-state index contributed by atoms with van der Waals surface area (Å²) in [5.41, 5.74) is 0.370. The Morgan fingerprint density at radius 1 is 1.04 bits per heavy atom. The quantitative estimate of drug-likeness (QED) is 0.675. The van der Waals surface area contributed by atoms with Crippen LogP contribution in [0.1, 0.15) is 6.92 Å². The van der Waals surface area contributed by atoms with Gasteiger partial charge in [0.2, 0.25) is 0 Å². The highest BCUT2D eigenvalue weighted by Crippen LogP contribution is 2.32. The van der Waals surface area contributed by atoms with Crippen molar-refractivity contribution in [3.8, 4) is 11.4 Å². The molecule has 0 saturated heterocycles. The topological polar surface area (TPSA) is 54.8 Å². The Morgan fingerprint density at radius 3 is 2.40 bits per heavy atom. The van der Waals surface area contributed by atoms with Crippen LogP contribution in [-0.2, 0) is 0 Å². The first-order chi connectivity index (χ1) is 11.8. The first-order valence-corrected chi connectivity index (χ1v) is 7.30. The summed E-state index contributed by atoms with van der Waals surface area (Å²) in [6.07, 6.45) is 0.745. The Kier molecular flexibility index (Phi) is 4.23. The van der Waals surface area contributed by atoms with Gasteiger partial charge in [-0.15, -0.1) is 0 Å². The fourth-order valence-corrected chi connectivity index (χ4v) is 2.31. The molecule has 0 fully saturated rings. The van der Waals surface area contributed by atoms with Crippen molar-refractivity contribution in [1.29, 1.82) is 0 Å². The third-order valence-corrected chi connectivity index (χ3v) is 3.88. The molecule has 0 amide bonds. The lowest BCUT2D eigenvalue weighted by Gasteiger charge is -2.28. The van der Waals surface area contributed by atoms with Gasteiger partial charge in [-0.05, 0) is 19.1 Å². The van der Waals surface area contributed by atoms with Gasteiger partial charge in [-0.3, -0.25) is 9.97 Å². The monoisotopic (exact) mass is 351 g/mol. The van der Waals surface area contributed by atoms with Crippen molar-refractivity contribution in [2.24, 2.45) is 0 Å². The van der Waals surface area contributed by atoms with E-state index in [1.165, 1.54) is 37.8 Å². The van der Waals surface area contributed by atoms with Gasteiger partial charge in [0.05, 0.1) is 23.5 Å². The van der Waals surface area contributed by atoms with Crippen molar-refractivity contribution in [1.82, 2.24) is 19.9 Å². The molecule has 3 heterocycles. The van der Waals surface area contributed by atoms with Gasteiger partial charge in [0.1, 0.15) is 11.9 Å². The Labute approximate surface area is 140 Å². The molecule has 0 spiro atoms. The van der Waals surface area contributed by atoms with Crippen LogP contribution in [-0.4, -0.2) is 39.2 Å². The summed E-state index contributed by atoms with van der Waals surface area (Å²) in [5.74, 6) is -0.650. The van der Waals surface area contributed by atoms with Gasteiger partial charge < -0.3 is 4.90 Å². The van der Waals surface area contributed by atoms with Crippen LogP contribution in [0, 0.1) is 5.82 Å². The van der Waals surface area contributed by atoms with Crippen LogP contribution in [0.3, 0.4) is 0 Å². The van der Waals surface area contributed by atoms with Gasteiger partial charge in [-0.2, -0.15) is 13.2 Å². The van der Waals surface area contributed by atoms with Gasteiger partial charge in [0.15, 0.2) is 11.6 Å². The number of alkyl halides is 3. The minimum Gasteiger partial charge on any atom is -0.347 e. The Hall–Kier alpha value is -2.84. The van der Waals surface area contributed by atoms with Gasteiger partial charge in [0.25, 0.3) is 0 Å². The number of halogens is 4.